The summed E-state index contributed by atoms with van der Waals surface area (Å²) in [6, 6.07) is 10.6. The average molecular weight is 566 g/mol. The lowest BCUT2D eigenvalue weighted by Gasteiger charge is -2.17. The van der Waals surface area contributed by atoms with E-state index in [4.69, 9.17) is 4.74 Å². The zero-order valence-corrected chi connectivity index (χ0v) is 20.0. The highest BCUT2D eigenvalue weighted by molar-refractivity contribution is 14.0. The molecule has 0 unspecified atom stereocenters. The van der Waals surface area contributed by atoms with Crippen LogP contribution in [-0.4, -0.2) is 45.2 Å². The van der Waals surface area contributed by atoms with Crippen molar-refractivity contribution in [3.63, 3.8) is 0 Å². The number of ether oxygens (including phenoxy) is 2. The van der Waals surface area contributed by atoms with Gasteiger partial charge in [-0.15, -0.1) is 24.0 Å². The van der Waals surface area contributed by atoms with Gasteiger partial charge in [0.15, 0.2) is 17.5 Å². The molecule has 32 heavy (non-hydrogen) atoms. The van der Waals surface area contributed by atoms with Crippen molar-refractivity contribution in [2.75, 3.05) is 26.7 Å². The smallest absolute Gasteiger partial charge is 0.387 e. The van der Waals surface area contributed by atoms with E-state index in [1.807, 2.05) is 0 Å². The van der Waals surface area contributed by atoms with E-state index >= 15 is 0 Å². The first kappa shape index (κ1) is 27.3. The summed E-state index contributed by atoms with van der Waals surface area (Å²) in [5.41, 5.74) is 0.424. The zero-order chi connectivity index (χ0) is 22.6. The Kier molecular flexibility index (Phi) is 12.3. The molecule has 0 atom stereocenters. The normalized spacial score (nSPS) is 10.9. The third-order valence-corrected chi connectivity index (χ3v) is 4.06. The Morgan fingerprint density at radius 1 is 1.06 bits per heavy atom. The van der Waals surface area contributed by atoms with Gasteiger partial charge in [-0.2, -0.15) is 8.78 Å². The van der Waals surface area contributed by atoms with Crippen molar-refractivity contribution in [1.82, 2.24) is 16.0 Å². The number of nitrogens with one attached hydrogen (secondary N) is 3. The molecule has 0 heterocycles. The Morgan fingerprint density at radius 3 is 2.44 bits per heavy atom. The molecular formula is C21H26F3IN4O3. The Hall–Kier alpha value is -2.70. The molecule has 11 heteroatoms. The highest BCUT2D eigenvalue weighted by atomic mass is 127. The van der Waals surface area contributed by atoms with Gasteiger partial charge in [-0.1, -0.05) is 24.3 Å². The number of hydrogen-bond acceptors (Lipinski definition) is 4. The van der Waals surface area contributed by atoms with Crippen LogP contribution in [0.3, 0.4) is 0 Å². The number of halogens is 4. The van der Waals surface area contributed by atoms with Gasteiger partial charge in [0, 0.05) is 32.2 Å². The average Bonchev–Trinajstić information content (AvgIpc) is 2.75. The fraction of sp³-hybridized carbons (Fsp3) is 0.333. The number of hydrogen-bond donors (Lipinski definition) is 3. The van der Waals surface area contributed by atoms with Crippen LogP contribution in [0.5, 0.6) is 11.5 Å². The topological polar surface area (TPSA) is 84.0 Å². The second-order valence-electron chi connectivity index (χ2n) is 6.14. The van der Waals surface area contributed by atoms with Crippen molar-refractivity contribution < 1.29 is 27.4 Å². The molecule has 0 aromatic heterocycles. The maximum Gasteiger partial charge on any atom is 0.387 e. The Morgan fingerprint density at radius 2 is 1.78 bits per heavy atom. The van der Waals surface area contributed by atoms with Gasteiger partial charge < -0.3 is 25.4 Å². The largest absolute Gasteiger partial charge is 0.490 e. The quantitative estimate of drug-likeness (QED) is 0.178. The van der Waals surface area contributed by atoms with E-state index in [9.17, 15) is 18.0 Å². The Balaban J connectivity index is 0.00000512. The van der Waals surface area contributed by atoms with Crippen LogP contribution in [0, 0.1) is 5.82 Å². The van der Waals surface area contributed by atoms with Crippen LogP contribution < -0.4 is 25.4 Å². The first-order chi connectivity index (χ1) is 15.0. The molecule has 176 valence electrons. The van der Waals surface area contributed by atoms with Crippen LogP contribution in [0.15, 0.2) is 47.5 Å². The van der Waals surface area contributed by atoms with Gasteiger partial charge in [0.25, 0.3) is 5.91 Å². The van der Waals surface area contributed by atoms with E-state index in [-0.39, 0.29) is 54.1 Å². The number of carbonyl (C=O) groups excluding carboxylic acids is 1. The molecule has 0 aliphatic heterocycles. The van der Waals surface area contributed by atoms with E-state index in [1.54, 1.807) is 38.2 Å². The van der Waals surface area contributed by atoms with Gasteiger partial charge in [-0.3, -0.25) is 9.79 Å². The highest BCUT2D eigenvalue weighted by Crippen LogP contribution is 2.32. The third kappa shape index (κ3) is 8.44. The first-order valence-electron chi connectivity index (χ1n) is 9.63. The predicted molar refractivity (Wildman–Crippen MR) is 127 cm³/mol. The number of aliphatic imine (C=N–C) groups is 1. The third-order valence-electron chi connectivity index (χ3n) is 4.06. The molecular weight excluding hydrogens is 540 g/mol. The van der Waals surface area contributed by atoms with E-state index < -0.39 is 18.3 Å². The van der Waals surface area contributed by atoms with Crippen molar-refractivity contribution in [3.8, 4) is 11.5 Å². The Labute approximate surface area is 201 Å². The second kappa shape index (κ2) is 14.4. The van der Waals surface area contributed by atoms with Crippen molar-refractivity contribution in [2.24, 2.45) is 4.99 Å². The van der Waals surface area contributed by atoms with Crippen LogP contribution in [0.2, 0.25) is 0 Å². The van der Waals surface area contributed by atoms with Crippen molar-refractivity contribution >= 4 is 35.8 Å². The predicted octanol–water partition coefficient (Wildman–Crippen LogP) is 3.54. The fourth-order valence-electron chi connectivity index (χ4n) is 2.69. The van der Waals surface area contributed by atoms with Crippen molar-refractivity contribution in [1.29, 1.82) is 0 Å². The summed E-state index contributed by atoms with van der Waals surface area (Å²) in [5, 5.41) is 8.56. The standard InChI is InChI=1S/C21H25F3N4O3.HI/c1-3-30-17-10-6-7-14(18(17)31-20(23)24)13-28-21(25-2)27-12-11-26-19(29)15-8-4-5-9-16(15)22;/h4-10,20H,3,11-13H2,1-2H3,(H,26,29)(H2,25,27,28);1H. The fourth-order valence-corrected chi connectivity index (χ4v) is 2.69. The van der Waals surface area contributed by atoms with Crippen LogP contribution in [0.25, 0.3) is 0 Å². The minimum atomic E-state index is -2.99. The van der Waals surface area contributed by atoms with Crippen molar-refractivity contribution in [2.45, 2.75) is 20.1 Å². The molecule has 0 saturated carbocycles. The van der Waals surface area contributed by atoms with Gasteiger partial charge in [0.1, 0.15) is 5.82 Å². The number of benzene rings is 2. The number of nitrogens with zero attached hydrogens (tertiary/aromatic N) is 1. The van der Waals surface area contributed by atoms with Crippen LogP contribution in [0.4, 0.5) is 13.2 Å². The summed E-state index contributed by atoms with van der Waals surface area (Å²) >= 11 is 0. The molecule has 0 fully saturated rings. The summed E-state index contributed by atoms with van der Waals surface area (Å²) in [6.07, 6.45) is 0. The number of carbonyl (C=O) groups is 1. The van der Waals surface area contributed by atoms with Gasteiger partial charge >= 0.3 is 6.61 Å². The lowest BCUT2D eigenvalue weighted by Crippen LogP contribution is -2.41. The van der Waals surface area contributed by atoms with E-state index in [1.165, 1.54) is 18.2 Å². The molecule has 0 saturated heterocycles. The van der Waals surface area contributed by atoms with Gasteiger partial charge in [0.05, 0.1) is 12.2 Å². The van der Waals surface area contributed by atoms with Crippen LogP contribution in [0.1, 0.15) is 22.8 Å². The van der Waals surface area contributed by atoms with E-state index in [2.05, 4.69) is 25.7 Å². The second-order valence-corrected chi connectivity index (χ2v) is 6.14. The maximum atomic E-state index is 13.6. The maximum absolute atomic E-state index is 13.6. The number of para-hydroxylation sites is 1. The minimum Gasteiger partial charge on any atom is -0.490 e. The number of guanidine groups is 1. The summed E-state index contributed by atoms with van der Waals surface area (Å²) in [4.78, 5) is 16.0. The molecule has 0 bridgehead atoms. The molecule has 2 aromatic rings. The van der Waals surface area contributed by atoms with Crippen LogP contribution in [-0.2, 0) is 6.54 Å². The number of rotatable bonds is 10. The molecule has 0 spiro atoms. The molecule has 0 aliphatic carbocycles. The van der Waals surface area contributed by atoms with Gasteiger partial charge in [-0.25, -0.2) is 4.39 Å². The minimum absolute atomic E-state index is 0. The number of amides is 1. The summed E-state index contributed by atoms with van der Waals surface area (Å²) in [6.45, 7) is -0.279. The first-order valence-corrected chi connectivity index (χ1v) is 9.63. The Bertz CT molecular complexity index is 900. The SMILES string of the molecule is CCOc1cccc(CNC(=NC)NCCNC(=O)c2ccccc2F)c1OC(F)F.I. The van der Waals surface area contributed by atoms with Gasteiger partial charge in [-0.05, 0) is 25.1 Å². The summed E-state index contributed by atoms with van der Waals surface area (Å²) in [5.74, 6) is -0.559. The molecule has 0 aliphatic rings. The van der Waals surface area contributed by atoms with E-state index in [0.29, 0.717) is 24.7 Å². The van der Waals surface area contributed by atoms with Crippen molar-refractivity contribution in [3.05, 3.63) is 59.4 Å². The molecule has 2 rings (SSSR count). The molecule has 2 aromatic carbocycles. The summed E-state index contributed by atoms with van der Waals surface area (Å²) in [7, 11) is 1.54. The zero-order valence-electron chi connectivity index (χ0n) is 17.7. The lowest BCUT2D eigenvalue weighted by molar-refractivity contribution is -0.0520. The molecule has 7 nitrogen and oxygen atoms in total. The summed E-state index contributed by atoms with van der Waals surface area (Å²) < 4.78 is 49.2. The van der Waals surface area contributed by atoms with Crippen LogP contribution >= 0.6 is 24.0 Å². The highest BCUT2D eigenvalue weighted by Gasteiger charge is 2.16. The molecule has 1 amide bonds. The monoisotopic (exact) mass is 566 g/mol. The molecule has 0 radical (unpaired) electrons. The lowest BCUT2D eigenvalue weighted by atomic mass is 10.2. The van der Waals surface area contributed by atoms with E-state index in [0.717, 1.165) is 0 Å². The number of alkyl halides is 2. The molecule has 3 N–H and O–H groups in total. The van der Waals surface area contributed by atoms with Gasteiger partial charge in [0.2, 0.25) is 0 Å².